The third-order valence-corrected chi connectivity index (χ3v) is 24.5. The van der Waals surface area contributed by atoms with E-state index < -0.39 is 87.7 Å². The van der Waals surface area contributed by atoms with Crippen molar-refractivity contribution in [3.63, 3.8) is 0 Å². The van der Waals surface area contributed by atoms with Crippen molar-refractivity contribution in [3.8, 4) is 0 Å². The first-order valence-corrected chi connectivity index (χ1v) is 47.6. The van der Waals surface area contributed by atoms with E-state index >= 15 is 0 Å². The zero-order valence-corrected chi connectivity index (χ0v) is 92.6. The van der Waals surface area contributed by atoms with Gasteiger partial charge in [-0.1, -0.05) is 262 Å². The number of rotatable bonds is 11. The first-order valence-electron chi connectivity index (χ1n) is 36.3. The van der Waals surface area contributed by atoms with Crippen LogP contribution in [-0.4, -0.2) is 93.4 Å². The number of ether oxygens (including phenoxy) is 1. The molecule has 4 aromatic heterocycles. The van der Waals surface area contributed by atoms with Crippen LogP contribution in [0.25, 0.3) is 0 Å². The number of nitrogens with one attached hydrogen (secondary N) is 1. The molecule has 8 heterocycles. The summed E-state index contributed by atoms with van der Waals surface area (Å²) in [4.78, 5) is 136. The Morgan fingerprint density at radius 3 is 1.07 bits per heavy atom. The second-order valence-electron chi connectivity index (χ2n) is 27.5. The third-order valence-electron chi connectivity index (χ3n) is 16.5. The van der Waals surface area contributed by atoms with Gasteiger partial charge in [0, 0.05) is 134 Å². The van der Waals surface area contributed by atoms with E-state index in [9.17, 15) is 75.4 Å². The molecule has 710 valence electrons. The van der Waals surface area contributed by atoms with Crippen LogP contribution in [0.3, 0.4) is 0 Å². The molecule has 4 aliphatic rings. The largest absolute Gasteiger partial charge is 0.398 e. The Morgan fingerprint density at radius 1 is 0.459 bits per heavy atom. The fraction of sp³-hybridized carbons (Fsp3) is 0.212. The SMILES string of the molecule is C.C.CC(C)(C)c1ccc(S(=O)(=O)Cl)cc1.CC(C)(C)c1ccc(S(=O)(=O)Nc2ccc(Cl)c3c2C(=O)N(c2cncc(Cl)c2)C3=O)cc1.CCC(I)(I)I.CC[CH-]I.Nc1ccc(Cl)c2c1C(=O)N(c1cncc(Cl)c1)C2=O.Nc1cncc(Cl)c1.O=C1OC(=O)c2c([N+](=O)[O-])ccc(Cl)c21.O=C1c2c(Cl)ccc([N+](=O)[O-])c2C(=O)N1c1cncc(Cl)c1.[CH2-]C.[CH2-]CC.[V].[V].[V].[V]. The normalized spacial score (nSPS) is 12.1. The number of nitrogen functional groups attached to an aromatic ring is 2. The number of pyridine rings is 4. The molecule has 6 amide bonds. The number of alkyl halides is 3. The van der Waals surface area contributed by atoms with Gasteiger partial charge in [-0.05, 0) is 113 Å². The quantitative estimate of drug-likeness (QED) is 0.0103. The standard InChI is InChI=1S/C23H19Cl2N3O4S.C13H5Cl2N3O4.C13H7Cl2N3O2.C10H13ClO2S.C8H2ClNO5.C5H5ClN2.C3H5I3.C3H6I.C3H7.C2H5.2CH4.4V/c1-23(2,3)13-4-6-16(7-5-13)33(31,32)27-18-9-8-17(25)19-20(18)22(30)28(21(19)29)15-10-14(24)11-26-12-15;14-6-3-7(5-16-4-6)17-12(19)10-8(15)1-2-9(18(21)22)11(10)13(17)20;14-6-3-7(5-17-4-6)18-12(19)10-8(15)1-2-9(16)11(10)13(18)20;1-10(2,3)8-4-6-9(7-5-8)14(11,12)13;9-3-1-2-4(10(13)14)6-5(3)7(11)15-8(6)12;6-4-1-5(7)3-8-2-4;1-2-3(4,5)6;1-2-3-4;1-3-2;1-2;;;;;;/h4-12,27H,1-3H3;1-5H;1-5H,16H2;4-7H,1-3H3;1-2H;1-3H,7H2;2H2,1H3;3H,2H2,1H3;1,3H2,2H3;1H2,2H3;2*1H4;;;;/q;;;;;;;3*-1;;;;;;. The number of benzene rings is 6. The summed E-state index contributed by atoms with van der Waals surface area (Å²) in [6.45, 7) is 27.1. The maximum atomic E-state index is 13.2. The van der Waals surface area contributed by atoms with Crippen molar-refractivity contribution in [1.82, 2.24) is 19.9 Å². The molecule has 133 heavy (non-hydrogen) atoms. The first-order chi connectivity index (χ1) is 59.2. The Balaban J connectivity index is 0. The number of hydrogen-bond donors (Lipinski definition) is 3. The Labute approximate surface area is 917 Å². The summed E-state index contributed by atoms with van der Waals surface area (Å²) in [6, 6.07) is 29.2. The second-order valence-corrected chi connectivity index (χ2v) is 47.8. The fourth-order valence-electron chi connectivity index (χ4n) is 10.7. The predicted molar refractivity (Wildman–Crippen MR) is 546 cm³/mol. The van der Waals surface area contributed by atoms with Crippen LogP contribution >= 0.6 is 194 Å². The molecule has 5 N–H and O–H groups in total. The molecule has 0 fully saturated rings. The van der Waals surface area contributed by atoms with Gasteiger partial charge in [0.15, 0.2) is 5.56 Å². The maximum absolute atomic E-state index is 13.2. The van der Waals surface area contributed by atoms with Crippen molar-refractivity contribution >= 4 is 306 Å². The van der Waals surface area contributed by atoms with Crippen molar-refractivity contribution in [3.05, 3.63) is 305 Å². The predicted octanol–water partition coefficient (Wildman–Crippen LogP) is 25.6. The molecule has 4 radical (unpaired) electrons. The topological polar surface area (TPSA) is 426 Å². The van der Waals surface area contributed by atoms with Gasteiger partial charge in [-0.2, -0.15) is 19.8 Å². The number of cyclic esters (lactones) is 2. The minimum absolute atomic E-state index is 0. The number of aromatic nitrogens is 4. The van der Waals surface area contributed by atoms with Gasteiger partial charge in [-0.15, -0.1) is 0 Å². The molecule has 0 atom stereocenters. The van der Waals surface area contributed by atoms with Gasteiger partial charge < -0.3 is 52.6 Å². The monoisotopic (exact) mass is 2630 g/mol. The number of halogens is 13. The average molecular weight is 2640 g/mol. The maximum Gasteiger partial charge on any atom is 0.354 e. The second kappa shape index (κ2) is 57.9. The smallest absolute Gasteiger partial charge is 0.354 e. The van der Waals surface area contributed by atoms with Crippen molar-refractivity contribution < 1.29 is 144 Å². The number of amides is 6. The van der Waals surface area contributed by atoms with E-state index in [1.807, 2.05) is 27.7 Å². The number of nitro benzene ring substituents is 2. The summed E-state index contributed by atoms with van der Waals surface area (Å²) < 4.78 is 57.2. The summed E-state index contributed by atoms with van der Waals surface area (Å²) in [5.41, 5.74) is 12.2. The van der Waals surface area contributed by atoms with E-state index in [-0.39, 0.29) is 213 Å². The van der Waals surface area contributed by atoms with E-state index in [1.54, 1.807) is 43.5 Å². The zero-order chi connectivity index (χ0) is 96.0. The number of fused-ring (bicyclic) bond motifs is 4. The molecule has 29 nitrogen and oxygen atoms in total. The number of esters is 2. The van der Waals surface area contributed by atoms with Crippen molar-refractivity contribution in [2.75, 3.05) is 30.9 Å². The Hall–Kier alpha value is -5.55. The van der Waals surface area contributed by atoms with E-state index in [2.05, 4.69) is 173 Å². The number of imide groups is 3. The van der Waals surface area contributed by atoms with Crippen LogP contribution in [0.1, 0.15) is 197 Å². The summed E-state index contributed by atoms with van der Waals surface area (Å²) in [5.74, 6) is -6.08. The molecule has 4 aliphatic heterocycles. The molecule has 0 spiro atoms. The number of nitro groups is 2. The van der Waals surface area contributed by atoms with Gasteiger partial charge in [0.2, 0.25) is 0 Å². The van der Waals surface area contributed by atoms with Crippen LogP contribution in [0, 0.1) is 38.5 Å². The number of sulfonamides is 1. The molecule has 6 aromatic carbocycles. The van der Waals surface area contributed by atoms with E-state index in [4.69, 9.17) is 115 Å². The van der Waals surface area contributed by atoms with Crippen LogP contribution in [0.2, 0.25) is 40.2 Å². The molecule has 0 unspecified atom stereocenters. The summed E-state index contributed by atoms with van der Waals surface area (Å²) >= 11 is 56.3. The first kappa shape index (κ1) is 129. The molecule has 0 aliphatic carbocycles. The van der Waals surface area contributed by atoms with Gasteiger partial charge >= 0.3 is 11.9 Å². The molecule has 0 saturated heterocycles. The zero-order valence-electron chi connectivity index (χ0n) is 69.9. The van der Waals surface area contributed by atoms with Gasteiger partial charge in [0.1, 0.15) is 10.6 Å². The minimum atomic E-state index is -4.05. The molecule has 0 saturated carbocycles. The Morgan fingerprint density at radius 2 is 0.752 bits per heavy atom. The van der Waals surface area contributed by atoms with Crippen LogP contribution in [0.5, 0.6) is 0 Å². The Bertz CT molecular complexity index is 6050. The third kappa shape index (κ3) is 35.3. The van der Waals surface area contributed by atoms with Crippen LogP contribution in [0.4, 0.5) is 45.5 Å². The van der Waals surface area contributed by atoms with Gasteiger partial charge in [0.25, 0.3) is 65.9 Å². The van der Waals surface area contributed by atoms with Crippen LogP contribution in [0.15, 0.2) is 181 Å². The molecular formula is C85H82Cl9I4N12O17S2V4-3. The molecule has 10 aromatic rings. The summed E-state index contributed by atoms with van der Waals surface area (Å²) in [7, 11) is -2.44. The van der Waals surface area contributed by atoms with Crippen molar-refractivity contribution in [1.29, 1.82) is 0 Å². The molecular weight excluding hydrogens is 2560 g/mol. The summed E-state index contributed by atoms with van der Waals surface area (Å²) in [6.07, 6.45) is 14.5. The number of hydrogen-bond acceptors (Lipinski definition) is 23. The average Bonchev–Trinajstić information content (AvgIpc) is 1.48. The van der Waals surface area contributed by atoms with Crippen LogP contribution in [-0.2, 0) is 109 Å². The van der Waals surface area contributed by atoms with E-state index in [0.717, 1.165) is 44.4 Å². The van der Waals surface area contributed by atoms with E-state index in [1.165, 1.54) is 135 Å². The molecule has 48 heteroatoms. The fourth-order valence-corrected chi connectivity index (χ4v) is 14.2. The van der Waals surface area contributed by atoms with Gasteiger partial charge in [0.05, 0.1) is 135 Å². The van der Waals surface area contributed by atoms with Crippen LogP contribution < -0.4 is 30.9 Å². The van der Waals surface area contributed by atoms with Gasteiger partial charge in [-0.3, -0.25) is 78.1 Å². The van der Waals surface area contributed by atoms with Crippen molar-refractivity contribution in [2.45, 2.75) is 123 Å². The number of nitrogens with two attached hydrogens (primary N) is 2. The number of anilines is 6. The number of carbonyl (C=O) groups excluding carboxylic acids is 8. The number of nitrogens with zero attached hydrogens (tertiary/aromatic N) is 9. The van der Waals surface area contributed by atoms with E-state index in [0.29, 0.717) is 15.2 Å². The Kier molecular flexibility index (Phi) is 56.3. The molecule has 0 bridgehead atoms. The minimum Gasteiger partial charge on any atom is -0.398 e. The van der Waals surface area contributed by atoms with Crippen molar-refractivity contribution in [2.24, 2.45) is 0 Å². The van der Waals surface area contributed by atoms with Gasteiger partial charge in [-0.25, -0.2) is 41.1 Å². The molecule has 14 rings (SSSR count). The summed E-state index contributed by atoms with van der Waals surface area (Å²) in [5, 5.41) is 23.1. The number of carbonyl (C=O) groups is 8.